The predicted molar refractivity (Wildman–Crippen MR) is 92.1 cm³/mol. The standard InChI is InChI=1S/C19H18N2O2/c1-12-5-3-8-16(9-12)21-13(2)17(19(22)23)11-18(21)14-6-4-7-15(20)10-14/h3-11H,20H2,1-2H3,(H,22,23). The molecule has 0 radical (unpaired) electrons. The summed E-state index contributed by atoms with van der Waals surface area (Å²) < 4.78 is 1.96. The van der Waals surface area contributed by atoms with Crippen molar-refractivity contribution < 1.29 is 9.90 Å². The minimum Gasteiger partial charge on any atom is -0.478 e. The molecule has 0 fully saturated rings. The number of hydrogen-bond acceptors (Lipinski definition) is 2. The van der Waals surface area contributed by atoms with Gasteiger partial charge in [-0.25, -0.2) is 4.79 Å². The third-order valence-electron chi connectivity index (χ3n) is 3.92. The van der Waals surface area contributed by atoms with E-state index in [-0.39, 0.29) is 0 Å². The van der Waals surface area contributed by atoms with Crippen molar-refractivity contribution in [1.29, 1.82) is 0 Å². The van der Waals surface area contributed by atoms with Crippen LogP contribution < -0.4 is 5.73 Å². The van der Waals surface area contributed by atoms with Crippen LogP contribution in [-0.4, -0.2) is 15.6 Å². The molecular weight excluding hydrogens is 288 g/mol. The predicted octanol–water partition coefficient (Wildman–Crippen LogP) is 4.04. The normalized spacial score (nSPS) is 10.7. The average molecular weight is 306 g/mol. The summed E-state index contributed by atoms with van der Waals surface area (Å²) in [6.07, 6.45) is 0. The van der Waals surface area contributed by atoms with E-state index < -0.39 is 5.97 Å². The van der Waals surface area contributed by atoms with Gasteiger partial charge in [-0.2, -0.15) is 0 Å². The Morgan fingerprint density at radius 3 is 2.43 bits per heavy atom. The molecule has 0 saturated heterocycles. The molecule has 3 aromatic rings. The van der Waals surface area contributed by atoms with Crippen LogP contribution in [-0.2, 0) is 0 Å². The molecule has 2 aromatic carbocycles. The van der Waals surface area contributed by atoms with Crippen molar-refractivity contribution in [2.75, 3.05) is 5.73 Å². The number of aromatic carboxylic acids is 1. The lowest BCUT2D eigenvalue weighted by molar-refractivity contribution is 0.0696. The molecule has 4 heteroatoms. The lowest BCUT2D eigenvalue weighted by Crippen LogP contribution is -2.02. The molecular formula is C19H18N2O2. The molecule has 0 aliphatic rings. The van der Waals surface area contributed by atoms with Crippen LogP contribution in [0, 0.1) is 13.8 Å². The van der Waals surface area contributed by atoms with E-state index >= 15 is 0 Å². The fourth-order valence-corrected chi connectivity index (χ4v) is 2.83. The highest BCUT2D eigenvalue weighted by atomic mass is 16.4. The highest BCUT2D eigenvalue weighted by Crippen LogP contribution is 2.30. The summed E-state index contributed by atoms with van der Waals surface area (Å²) in [4.78, 5) is 11.5. The van der Waals surface area contributed by atoms with E-state index in [2.05, 4.69) is 0 Å². The van der Waals surface area contributed by atoms with Gasteiger partial charge in [0.25, 0.3) is 0 Å². The lowest BCUT2D eigenvalue weighted by atomic mass is 10.1. The van der Waals surface area contributed by atoms with Gasteiger partial charge in [0.2, 0.25) is 0 Å². The van der Waals surface area contributed by atoms with Crippen LogP contribution in [0.4, 0.5) is 5.69 Å². The molecule has 116 valence electrons. The van der Waals surface area contributed by atoms with Gasteiger partial charge in [-0.15, -0.1) is 0 Å². The minimum atomic E-state index is -0.931. The van der Waals surface area contributed by atoms with Gasteiger partial charge in [0, 0.05) is 22.6 Å². The molecule has 0 bridgehead atoms. The number of aromatic nitrogens is 1. The molecule has 1 heterocycles. The summed E-state index contributed by atoms with van der Waals surface area (Å²) >= 11 is 0. The molecule has 0 saturated carbocycles. The summed E-state index contributed by atoms with van der Waals surface area (Å²) in [7, 11) is 0. The summed E-state index contributed by atoms with van der Waals surface area (Å²) in [5.41, 5.74) is 11.3. The van der Waals surface area contributed by atoms with Crippen LogP contribution in [0.15, 0.2) is 54.6 Å². The summed E-state index contributed by atoms with van der Waals surface area (Å²) in [5.74, 6) is -0.931. The van der Waals surface area contributed by atoms with Gasteiger partial charge in [0.15, 0.2) is 0 Å². The molecule has 0 spiro atoms. The maximum absolute atomic E-state index is 11.5. The van der Waals surface area contributed by atoms with E-state index in [9.17, 15) is 9.90 Å². The lowest BCUT2D eigenvalue weighted by Gasteiger charge is -2.13. The number of carbonyl (C=O) groups is 1. The van der Waals surface area contributed by atoms with Crippen LogP contribution in [0.2, 0.25) is 0 Å². The topological polar surface area (TPSA) is 68.2 Å². The molecule has 0 aliphatic carbocycles. The van der Waals surface area contributed by atoms with Crippen molar-refractivity contribution in [1.82, 2.24) is 4.57 Å². The molecule has 23 heavy (non-hydrogen) atoms. The SMILES string of the molecule is Cc1cccc(-n2c(-c3cccc(N)c3)cc(C(=O)O)c2C)c1. The number of hydrogen-bond donors (Lipinski definition) is 2. The molecule has 1 aromatic heterocycles. The summed E-state index contributed by atoms with van der Waals surface area (Å²) in [6, 6.07) is 17.2. The smallest absolute Gasteiger partial charge is 0.337 e. The summed E-state index contributed by atoms with van der Waals surface area (Å²) in [6.45, 7) is 3.84. The number of rotatable bonds is 3. The Balaban J connectivity index is 2.31. The number of anilines is 1. The fraction of sp³-hybridized carbons (Fsp3) is 0.105. The van der Waals surface area contributed by atoms with E-state index in [1.807, 2.05) is 66.9 Å². The second kappa shape index (κ2) is 5.65. The van der Waals surface area contributed by atoms with Gasteiger partial charge in [0.1, 0.15) is 0 Å². The second-order valence-electron chi connectivity index (χ2n) is 5.63. The third kappa shape index (κ3) is 2.71. The van der Waals surface area contributed by atoms with Crippen molar-refractivity contribution in [2.45, 2.75) is 13.8 Å². The van der Waals surface area contributed by atoms with Crippen LogP contribution in [0.1, 0.15) is 21.6 Å². The fourth-order valence-electron chi connectivity index (χ4n) is 2.83. The van der Waals surface area contributed by atoms with Gasteiger partial charge in [-0.1, -0.05) is 24.3 Å². The van der Waals surface area contributed by atoms with Crippen molar-refractivity contribution in [2.24, 2.45) is 0 Å². The maximum Gasteiger partial charge on any atom is 0.337 e. The maximum atomic E-state index is 11.5. The molecule has 3 N–H and O–H groups in total. The van der Waals surface area contributed by atoms with E-state index in [4.69, 9.17) is 5.73 Å². The molecule has 0 unspecified atom stereocenters. The minimum absolute atomic E-state index is 0.295. The average Bonchev–Trinajstić information content (AvgIpc) is 2.85. The molecule has 0 aliphatic heterocycles. The molecule has 3 rings (SSSR count). The van der Waals surface area contributed by atoms with Crippen LogP contribution in [0.5, 0.6) is 0 Å². The van der Waals surface area contributed by atoms with Crippen LogP contribution in [0.3, 0.4) is 0 Å². The number of carboxylic acid groups (broad SMARTS) is 1. The van der Waals surface area contributed by atoms with E-state index in [0.717, 1.165) is 22.5 Å². The molecule has 0 amide bonds. The Morgan fingerprint density at radius 1 is 1.04 bits per heavy atom. The highest BCUT2D eigenvalue weighted by Gasteiger charge is 2.19. The van der Waals surface area contributed by atoms with Crippen LogP contribution >= 0.6 is 0 Å². The van der Waals surface area contributed by atoms with E-state index in [1.54, 1.807) is 6.07 Å². The van der Waals surface area contributed by atoms with E-state index in [1.165, 1.54) is 0 Å². The molecule has 0 atom stereocenters. The monoisotopic (exact) mass is 306 g/mol. The zero-order chi connectivity index (χ0) is 16.6. The Labute approximate surface area is 134 Å². The van der Waals surface area contributed by atoms with Crippen molar-refractivity contribution in [3.05, 3.63) is 71.4 Å². The van der Waals surface area contributed by atoms with Crippen molar-refractivity contribution >= 4 is 11.7 Å². The van der Waals surface area contributed by atoms with Gasteiger partial charge < -0.3 is 15.4 Å². The second-order valence-corrected chi connectivity index (χ2v) is 5.63. The Kier molecular flexibility index (Phi) is 3.66. The van der Waals surface area contributed by atoms with E-state index in [0.29, 0.717) is 16.9 Å². The van der Waals surface area contributed by atoms with Crippen molar-refractivity contribution in [3.8, 4) is 16.9 Å². The van der Waals surface area contributed by atoms with Crippen molar-refractivity contribution in [3.63, 3.8) is 0 Å². The quantitative estimate of drug-likeness (QED) is 0.717. The summed E-state index contributed by atoms with van der Waals surface area (Å²) in [5, 5.41) is 9.47. The zero-order valence-corrected chi connectivity index (χ0v) is 13.1. The first-order valence-electron chi connectivity index (χ1n) is 7.36. The number of nitrogens with two attached hydrogens (primary N) is 1. The highest BCUT2D eigenvalue weighted by molar-refractivity contribution is 5.91. The Morgan fingerprint density at radius 2 is 1.78 bits per heavy atom. The Hall–Kier alpha value is -3.01. The van der Waals surface area contributed by atoms with Gasteiger partial charge >= 0.3 is 5.97 Å². The third-order valence-corrected chi connectivity index (χ3v) is 3.92. The largest absolute Gasteiger partial charge is 0.478 e. The Bertz CT molecular complexity index is 894. The number of aryl methyl sites for hydroxylation is 1. The molecule has 4 nitrogen and oxygen atoms in total. The van der Waals surface area contributed by atoms with Gasteiger partial charge in [-0.3, -0.25) is 0 Å². The van der Waals surface area contributed by atoms with Crippen LogP contribution in [0.25, 0.3) is 16.9 Å². The first-order valence-corrected chi connectivity index (χ1v) is 7.36. The first-order chi connectivity index (χ1) is 11.0. The number of carboxylic acids is 1. The first kappa shape index (κ1) is 14.9. The number of nitrogen functional groups attached to an aromatic ring is 1. The number of benzene rings is 2. The van der Waals surface area contributed by atoms with Gasteiger partial charge in [0.05, 0.1) is 11.3 Å². The zero-order valence-electron chi connectivity index (χ0n) is 13.1. The van der Waals surface area contributed by atoms with Gasteiger partial charge in [-0.05, 0) is 49.7 Å². The number of nitrogens with zero attached hydrogens (tertiary/aromatic N) is 1.